The van der Waals surface area contributed by atoms with Gasteiger partial charge in [0.25, 0.3) is 0 Å². The topological polar surface area (TPSA) is 40.5 Å². The van der Waals surface area contributed by atoms with Crippen molar-refractivity contribution < 1.29 is 10.2 Å². The van der Waals surface area contributed by atoms with E-state index in [2.05, 4.69) is 0 Å². The van der Waals surface area contributed by atoms with Crippen LogP contribution in [0.3, 0.4) is 0 Å². The molecule has 0 radical (unpaired) electrons. The van der Waals surface area contributed by atoms with Gasteiger partial charge in [0.15, 0.2) is 0 Å². The third-order valence-electron chi connectivity index (χ3n) is 0.850. The maximum absolute atomic E-state index is 8.65. The van der Waals surface area contributed by atoms with E-state index in [4.69, 9.17) is 10.2 Å². The Morgan fingerprint density at radius 3 is 1.20 bits per heavy atom. The van der Waals surface area contributed by atoms with E-state index in [1.54, 1.807) is 0 Å². The van der Waals surface area contributed by atoms with Crippen molar-refractivity contribution in [1.29, 1.82) is 0 Å². The SMILES string of the molecule is CC.Oc1ccc(O)cc1. The Balaban J connectivity index is 0.000000371. The molecule has 56 valence electrons. The van der Waals surface area contributed by atoms with Crippen molar-refractivity contribution in [1.82, 2.24) is 0 Å². The highest BCUT2D eigenvalue weighted by Gasteiger charge is 1.84. The average Bonchev–Trinajstić information content (AvgIpc) is 2.00. The Morgan fingerprint density at radius 2 is 1.00 bits per heavy atom. The zero-order chi connectivity index (χ0) is 7.98. The van der Waals surface area contributed by atoms with Crippen molar-refractivity contribution in [3.05, 3.63) is 24.3 Å². The molecule has 2 heteroatoms. The van der Waals surface area contributed by atoms with Gasteiger partial charge < -0.3 is 10.2 Å². The lowest BCUT2D eigenvalue weighted by molar-refractivity contribution is 0.460. The van der Waals surface area contributed by atoms with Crippen LogP contribution in [0.2, 0.25) is 0 Å². The van der Waals surface area contributed by atoms with Crippen LogP contribution in [-0.2, 0) is 0 Å². The second-order valence-corrected chi connectivity index (χ2v) is 1.52. The van der Waals surface area contributed by atoms with Crippen LogP contribution < -0.4 is 0 Å². The molecule has 0 aromatic heterocycles. The van der Waals surface area contributed by atoms with Gasteiger partial charge in [0.05, 0.1) is 0 Å². The van der Waals surface area contributed by atoms with E-state index in [-0.39, 0.29) is 11.5 Å². The van der Waals surface area contributed by atoms with E-state index in [1.807, 2.05) is 13.8 Å². The van der Waals surface area contributed by atoms with E-state index in [0.717, 1.165) is 0 Å². The highest BCUT2D eigenvalue weighted by molar-refractivity contribution is 5.28. The Bertz CT molecular complexity index is 146. The van der Waals surface area contributed by atoms with Gasteiger partial charge in [-0.15, -0.1) is 0 Å². The van der Waals surface area contributed by atoms with Gasteiger partial charge in [0.2, 0.25) is 0 Å². The predicted molar refractivity (Wildman–Crippen MR) is 41.1 cm³/mol. The monoisotopic (exact) mass is 140 g/mol. The first-order chi connectivity index (χ1) is 4.79. The van der Waals surface area contributed by atoms with Crippen molar-refractivity contribution in [2.45, 2.75) is 13.8 Å². The Hall–Kier alpha value is -1.18. The van der Waals surface area contributed by atoms with Gasteiger partial charge in [0.1, 0.15) is 11.5 Å². The summed E-state index contributed by atoms with van der Waals surface area (Å²) in [6, 6.07) is 5.70. The summed E-state index contributed by atoms with van der Waals surface area (Å²) in [5.74, 6) is 0.339. The molecule has 0 bridgehead atoms. The molecule has 10 heavy (non-hydrogen) atoms. The molecule has 2 N–H and O–H groups in total. The number of rotatable bonds is 0. The molecule has 0 heterocycles. The molecular formula is C8H12O2. The summed E-state index contributed by atoms with van der Waals surface area (Å²) in [5, 5.41) is 17.3. The van der Waals surface area contributed by atoms with Gasteiger partial charge in [-0.3, -0.25) is 0 Å². The minimum absolute atomic E-state index is 0.169. The summed E-state index contributed by atoms with van der Waals surface area (Å²) >= 11 is 0. The zero-order valence-electron chi connectivity index (χ0n) is 6.20. The largest absolute Gasteiger partial charge is 0.508 e. The van der Waals surface area contributed by atoms with Crippen molar-refractivity contribution in [2.24, 2.45) is 0 Å². The maximum atomic E-state index is 8.65. The average molecular weight is 140 g/mol. The first-order valence-electron chi connectivity index (χ1n) is 3.27. The molecule has 1 rings (SSSR count). The minimum atomic E-state index is 0.169. The van der Waals surface area contributed by atoms with Crippen LogP contribution in [0.15, 0.2) is 24.3 Å². The number of benzene rings is 1. The summed E-state index contributed by atoms with van der Waals surface area (Å²) in [6.45, 7) is 4.00. The molecule has 0 fully saturated rings. The maximum Gasteiger partial charge on any atom is 0.115 e. The summed E-state index contributed by atoms with van der Waals surface area (Å²) in [4.78, 5) is 0. The van der Waals surface area contributed by atoms with Crippen molar-refractivity contribution in [3.8, 4) is 11.5 Å². The van der Waals surface area contributed by atoms with Gasteiger partial charge in [-0.05, 0) is 24.3 Å². The predicted octanol–water partition coefficient (Wildman–Crippen LogP) is 2.12. The van der Waals surface area contributed by atoms with E-state index >= 15 is 0 Å². The molecule has 0 unspecified atom stereocenters. The number of phenolic OH excluding ortho intramolecular Hbond substituents is 2. The fourth-order valence-corrected chi connectivity index (χ4v) is 0.453. The van der Waals surface area contributed by atoms with Gasteiger partial charge >= 0.3 is 0 Å². The lowest BCUT2D eigenvalue weighted by Gasteiger charge is -1.88. The van der Waals surface area contributed by atoms with E-state index < -0.39 is 0 Å². The van der Waals surface area contributed by atoms with Gasteiger partial charge in [-0.25, -0.2) is 0 Å². The van der Waals surface area contributed by atoms with Gasteiger partial charge in [0, 0.05) is 0 Å². The zero-order valence-corrected chi connectivity index (χ0v) is 6.20. The summed E-state index contributed by atoms with van der Waals surface area (Å²) in [6.07, 6.45) is 0. The molecule has 0 aliphatic rings. The third kappa shape index (κ3) is 2.97. The molecule has 0 spiro atoms. The smallest absolute Gasteiger partial charge is 0.115 e. The van der Waals surface area contributed by atoms with Gasteiger partial charge in [-0.1, -0.05) is 13.8 Å². The van der Waals surface area contributed by atoms with Gasteiger partial charge in [-0.2, -0.15) is 0 Å². The van der Waals surface area contributed by atoms with Crippen LogP contribution in [0, 0.1) is 0 Å². The van der Waals surface area contributed by atoms with E-state index in [0.29, 0.717) is 0 Å². The Morgan fingerprint density at radius 1 is 0.800 bits per heavy atom. The van der Waals surface area contributed by atoms with Crippen LogP contribution in [0.25, 0.3) is 0 Å². The van der Waals surface area contributed by atoms with Crippen LogP contribution in [-0.4, -0.2) is 10.2 Å². The molecule has 1 aromatic rings. The molecule has 0 amide bonds. The number of phenols is 2. The lowest BCUT2D eigenvalue weighted by Crippen LogP contribution is -1.61. The first kappa shape index (κ1) is 8.82. The van der Waals surface area contributed by atoms with Crippen LogP contribution in [0.4, 0.5) is 0 Å². The molecule has 2 nitrogen and oxygen atoms in total. The second-order valence-electron chi connectivity index (χ2n) is 1.52. The molecule has 0 atom stereocenters. The Labute approximate surface area is 60.8 Å². The highest BCUT2D eigenvalue weighted by Crippen LogP contribution is 2.13. The quantitative estimate of drug-likeness (QED) is 0.542. The number of hydrogen-bond donors (Lipinski definition) is 2. The molecular weight excluding hydrogens is 128 g/mol. The first-order valence-corrected chi connectivity index (χ1v) is 3.27. The molecule has 1 aromatic carbocycles. The lowest BCUT2D eigenvalue weighted by atomic mass is 10.3. The van der Waals surface area contributed by atoms with Crippen molar-refractivity contribution >= 4 is 0 Å². The summed E-state index contributed by atoms with van der Waals surface area (Å²) in [7, 11) is 0. The molecule has 0 saturated carbocycles. The standard InChI is InChI=1S/C6H6O2.C2H6/c7-5-1-2-6(8)4-3-5;1-2/h1-4,7-8H;1-2H3. The van der Waals surface area contributed by atoms with Crippen LogP contribution in [0.5, 0.6) is 11.5 Å². The Kier molecular flexibility index (Phi) is 4.12. The summed E-state index contributed by atoms with van der Waals surface area (Å²) < 4.78 is 0. The molecule has 0 aliphatic heterocycles. The normalized spacial score (nSPS) is 7.80. The van der Waals surface area contributed by atoms with E-state index in [1.165, 1.54) is 24.3 Å². The fourth-order valence-electron chi connectivity index (χ4n) is 0.453. The number of aromatic hydroxyl groups is 2. The van der Waals surface area contributed by atoms with Crippen LogP contribution >= 0.6 is 0 Å². The molecule has 0 aliphatic carbocycles. The molecule has 0 saturated heterocycles. The van der Waals surface area contributed by atoms with Crippen LogP contribution in [0.1, 0.15) is 13.8 Å². The van der Waals surface area contributed by atoms with Crippen molar-refractivity contribution in [2.75, 3.05) is 0 Å². The second kappa shape index (κ2) is 4.68. The summed E-state index contributed by atoms with van der Waals surface area (Å²) in [5.41, 5.74) is 0. The number of hydrogen-bond acceptors (Lipinski definition) is 2. The third-order valence-corrected chi connectivity index (χ3v) is 0.850. The highest BCUT2D eigenvalue weighted by atomic mass is 16.3. The van der Waals surface area contributed by atoms with Crippen molar-refractivity contribution in [3.63, 3.8) is 0 Å². The van der Waals surface area contributed by atoms with E-state index in [9.17, 15) is 0 Å². The minimum Gasteiger partial charge on any atom is -0.508 e. The fraction of sp³-hybridized carbons (Fsp3) is 0.250.